The number of sulfonamides is 1. The Morgan fingerprint density at radius 3 is 1.87 bits per heavy atom. The van der Waals surface area contributed by atoms with Gasteiger partial charge in [0.05, 0.1) is 5.25 Å². The van der Waals surface area contributed by atoms with Gasteiger partial charge in [0.1, 0.15) is 0 Å². The monoisotopic (exact) mass is 445 g/mol. The van der Waals surface area contributed by atoms with Crippen LogP contribution in [0.4, 0.5) is 0 Å². The van der Waals surface area contributed by atoms with Gasteiger partial charge in [-0.15, -0.1) is 6.58 Å². The molecular formula is C24H35NO3SSi. The first-order valence-corrected chi connectivity index (χ1v) is 14.0. The molecule has 6 heteroatoms. The van der Waals surface area contributed by atoms with Gasteiger partial charge in [-0.05, 0) is 41.6 Å². The Kier molecular flexibility index (Phi) is 8.22. The molecule has 2 aromatic carbocycles. The van der Waals surface area contributed by atoms with Crippen LogP contribution in [0.1, 0.15) is 47.0 Å². The Hall–Kier alpha value is -1.73. The highest BCUT2D eigenvalue weighted by Crippen LogP contribution is 2.38. The lowest BCUT2D eigenvalue weighted by atomic mass is 10.1. The summed E-state index contributed by atoms with van der Waals surface area (Å²) in [6.07, 6.45) is 2.87. The van der Waals surface area contributed by atoms with Crippen molar-refractivity contribution < 1.29 is 12.8 Å². The van der Waals surface area contributed by atoms with Gasteiger partial charge in [-0.25, -0.2) is 13.6 Å². The third-order valence-electron chi connectivity index (χ3n) is 5.55. The van der Waals surface area contributed by atoms with Gasteiger partial charge in [0.15, 0.2) is 0 Å². The first-order valence-electron chi connectivity index (χ1n) is 10.4. The van der Waals surface area contributed by atoms with E-state index in [0.717, 1.165) is 0 Å². The Bertz CT molecular complexity index is 869. The van der Waals surface area contributed by atoms with Crippen molar-refractivity contribution in [2.45, 2.75) is 63.3 Å². The highest BCUT2D eigenvalue weighted by molar-refractivity contribution is 7.89. The quantitative estimate of drug-likeness (QED) is 0.444. The fraction of sp³-hybridized carbons (Fsp3) is 0.417. The molecule has 0 aliphatic carbocycles. The van der Waals surface area contributed by atoms with Crippen LogP contribution in [0.2, 0.25) is 5.04 Å². The first kappa shape index (κ1) is 24.5. The summed E-state index contributed by atoms with van der Waals surface area (Å²) < 4.78 is 31.3. The molecule has 0 aliphatic heterocycles. The minimum atomic E-state index is -3.66. The molecule has 0 spiro atoms. The molecule has 0 aliphatic rings. The van der Waals surface area contributed by atoms with Gasteiger partial charge in [0.2, 0.25) is 10.0 Å². The van der Waals surface area contributed by atoms with Crippen LogP contribution in [0, 0.1) is 0 Å². The number of rotatable bonds is 10. The number of nitrogens with two attached hydrogens (primary N) is 1. The van der Waals surface area contributed by atoms with Crippen LogP contribution in [0.15, 0.2) is 73.3 Å². The number of hydrogen-bond acceptors (Lipinski definition) is 3. The summed E-state index contributed by atoms with van der Waals surface area (Å²) >= 11 is 0. The molecule has 0 saturated heterocycles. The third-order valence-corrected chi connectivity index (χ3v) is 12.1. The van der Waals surface area contributed by atoms with Crippen LogP contribution in [-0.2, 0) is 14.4 Å². The van der Waals surface area contributed by atoms with E-state index in [1.807, 2.05) is 43.3 Å². The van der Waals surface area contributed by atoms with Gasteiger partial charge in [-0.1, -0.05) is 87.5 Å². The van der Waals surface area contributed by atoms with Crippen molar-refractivity contribution in [1.29, 1.82) is 0 Å². The fourth-order valence-corrected chi connectivity index (χ4v) is 9.85. The van der Waals surface area contributed by atoms with Gasteiger partial charge in [-0.2, -0.15) is 0 Å². The average Bonchev–Trinajstić information content (AvgIpc) is 2.69. The van der Waals surface area contributed by atoms with Crippen molar-refractivity contribution in [2.75, 3.05) is 0 Å². The zero-order valence-electron chi connectivity index (χ0n) is 18.5. The lowest BCUT2D eigenvalue weighted by Crippen LogP contribution is -2.67. The van der Waals surface area contributed by atoms with Crippen molar-refractivity contribution in [3.8, 4) is 0 Å². The van der Waals surface area contributed by atoms with Crippen LogP contribution in [0.25, 0.3) is 0 Å². The topological polar surface area (TPSA) is 69.4 Å². The van der Waals surface area contributed by atoms with E-state index in [-0.39, 0.29) is 11.1 Å². The van der Waals surface area contributed by atoms with Gasteiger partial charge < -0.3 is 4.43 Å². The smallest absolute Gasteiger partial charge is 0.261 e. The molecule has 0 heterocycles. The van der Waals surface area contributed by atoms with E-state index >= 15 is 0 Å². The second-order valence-corrected chi connectivity index (χ2v) is 15.0. The van der Waals surface area contributed by atoms with Crippen LogP contribution in [0.3, 0.4) is 0 Å². The van der Waals surface area contributed by atoms with Gasteiger partial charge in [-0.3, -0.25) is 0 Å². The molecule has 0 unspecified atom stereocenters. The molecule has 0 radical (unpaired) electrons. The second-order valence-electron chi connectivity index (χ2n) is 8.90. The molecule has 0 fully saturated rings. The fourth-order valence-electron chi connectivity index (χ4n) is 4.13. The highest BCUT2D eigenvalue weighted by atomic mass is 32.2. The maximum atomic E-state index is 12.2. The number of allylic oxidation sites excluding steroid dienone is 1. The summed E-state index contributed by atoms with van der Waals surface area (Å²) in [4.78, 5) is 0. The SMILES string of the molecule is C=CCC[C@H](C[C@H](C)O[Si](c1ccccc1)(c1ccccc1)C(C)(C)C)S(N)(=O)=O. The standard InChI is InChI=1S/C24H35NO3SSi/c1-6-7-14-21(29(25,26)27)19-20(2)28-30(24(3,4)5,22-15-10-8-11-16-22)23-17-12-9-13-18-23/h6,8-13,15-18,20-21H,1,7,14,19H2,2-5H3,(H2,25,26,27)/t20-,21+/m0/s1. The molecule has 2 N–H and O–H groups in total. The molecule has 0 aromatic heterocycles. The van der Waals surface area contributed by atoms with E-state index in [1.165, 1.54) is 10.4 Å². The molecule has 4 nitrogen and oxygen atoms in total. The van der Waals surface area contributed by atoms with Gasteiger partial charge in [0.25, 0.3) is 8.32 Å². The Morgan fingerprint density at radius 2 is 1.50 bits per heavy atom. The summed E-state index contributed by atoms with van der Waals surface area (Å²) in [6, 6.07) is 20.7. The van der Waals surface area contributed by atoms with E-state index in [4.69, 9.17) is 9.56 Å². The number of benzene rings is 2. The number of primary sulfonamides is 1. The van der Waals surface area contributed by atoms with Gasteiger partial charge in [0, 0.05) is 6.10 Å². The molecule has 2 atom stereocenters. The number of hydrogen-bond donors (Lipinski definition) is 1. The minimum absolute atomic E-state index is 0.165. The van der Waals surface area contributed by atoms with Crippen molar-refractivity contribution in [1.82, 2.24) is 0 Å². The lowest BCUT2D eigenvalue weighted by Gasteiger charge is -2.45. The minimum Gasteiger partial charge on any atom is -0.405 e. The van der Waals surface area contributed by atoms with Crippen molar-refractivity contribution >= 4 is 28.7 Å². The molecule has 164 valence electrons. The summed E-state index contributed by atoms with van der Waals surface area (Å²) in [5.74, 6) is 0. The van der Waals surface area contributed by atoms with E-state index in [0.29, 0.717) is 19.3 Å². The van der Waals surface area contributed by atoms with E-state index in [1.54, 1.807) is 6.08 Å². The Morgan fingerprint density at radius 1 is 1.03 bits per heavy atom. The molecule has 30 heavy (non-hydrogen) atoms. The van der Waals surface area contributed by atoms with Crippen molar-refractivity contribution in [3.05, 3.63) is 73.3 Å². The Balaban J connectivity index is 2.51. The van der Waals surface area contributed by atoms with E-state index < -0.39 is 23.6 Å². The molecule has 2 rings (SSSR count). The van der Waals surface area contributed by atoms with Crippen LogP contribution < -0.4 is 15.5 Å². The normalized spacial score (nSPS) is 14.8. The van der Waals surface area contributed by atoms with Crippen LogP contribution in [0.5, 0.6) is 0 Å². The summed E-state index contributed by atoms with van der Waals surface area (Å²) in [6.45, 7) is 12.3. The third kappa shape index (κ3) is 5.69. The average molecular weight is 446 g/mol. The predicted molar refractivity (Wildman–Crippen MR) is 129 cm³/mol. The van der Waals surface area contributed by atoms with Crippen molar-refractivity contribution in [3.63, 3.8) is 0 Å². The molecular weight excluding hydrogens is 410 g/mol. The first-order chi connectivity index (χ1) is 14.0. The van der Waals surface area contributed by atoms with Gasteiger partial charge >= 0.3 is 0 Å². The Labute approximate surface area is 183 Å². The van der Waals surface area contributed by atoms with Crippen LogP contribution in [-0.4, -0.2) is 28.1 Å². The summed E-state index contributed by atoms with van der Waals surface area (Å²) in [7, 11) is -6.39. The largest absolute Gasteiger partial charge is 0.405 e. The second kappa shape index (κ2) is 10.0. The summed E-state index contributed by atoms with van der Waals surface area (Å²) in [5.41, 5.74) is 0. The predicted octanol–water partition coefficient (Wildman–Crippen LogP) is 3.96. The van der Waals surface area contributed by atoms with Crippen LogP contribution >= 0.6 is 0 Å². The zero-order valence-corrected chi connectivity index (χ0v) is 20.4. The molecule has 0 bridgehead atoms. The maximum absolute atomic E-state index is 12.2. The van der Waals surface area contributed by atoms with E-state index in [2.05, 4.69) is 51.6 Å². The molecule has 0 saturated carbocycles. The highest BCUT2D eigenvalue weighted by Gasteiger charge is 2.51. The van der Waals surface area contributed by atoms with Crippen molar-refractivity contribution in [2.24, 2.45) is 5.14 Å². The lowest BCUT2D eigenvalue weighted by molar-refractivity contribution is 0.193. The molecule has 0 amide bonds. The zero-order chi connectivity index (χ0) is 22.4. The maximum Gasteiger partial charge on any atom is 0.261 e. The molecule has 2 aromatic rings. The summed E-state index contributed by atoms with van der Waals surface area (Å²) in [5, 5.41) is 7.07. The van der Waals surface area contributed by atoms with E-state index in [9.17, 15) is 8.42 Å².